The van der Waals surface area contributed by atoms with Gasteiger partial charge in [0.15, 0.2) is 0 Å². The van der Waals surface area contributed by atoms with Crippen molar-refractivity contribution >= 4 is 0 Å². The molecule has 0 aromatic carbocycles. The van der Waals surface area contributed by atoms with Crippen molar-refractivity contribution in [3.8, 4) is 0 Å². The van der Waals surface area contributed by atoms with E-state index >= 15 is 0 Å². The fourth-order valence-electron chi connectivity index (χ4n) is 3.61. The topological polar surface area (TPSA) is 9.23 Å². The van der Waals surface area contributed by atoms with Gasteiger partial charge in [-0.25, -0.2) is 0 Å². The molecule has 2 fully saturated rings. The summed E-state index contributed by atoms with van der Waals surface area (Å²) in [6, 6.07) is 0. The van der Waals surface area contributed by atoms with Crippen LogP contribution in [0.25, 0.3) is 0 Å². The van der Waals surface area contributed by atoms with E-state index < -0.39 is 0 Å². The molecule has 0 amide bonds. The Morgan fingerprint density at radius 2 is 1.31 bits per heavy atom. The maximum atomic E-state index is 5.89. The molecule has 1 heteroatoms. The summed E-state index contributed by atoms with van der Waals surface area (Å²) in [5, 5.41) is 0. The largest absolute Gasteiger partial charge is 0.378 e. The van der Waals surface area contributed by atoms with E-state index in [2.05, 4.69) is 6.92 Å². The first-order chi connectivity index (χ1) is 6.22. The lowest BCUT2D eigenvalue weighted by atomic mass is 9.57. The lowest BCUT2D eigenvalue weighted by Gasteiger charge is -2.54. The fourth-order valence-corrected chi connectivity index (χ4v) is 3.61. The number of hydrogen-bond donors (Lipinski definition) is 0. The second-order valence-corrected chi connectivity index (χ2v) is 5.17. The van der Waals surface area contributed by atoms with E-state index in [4.69, 9.17) is 4.74 Å². The van der Waals surface area contributed by atoms with Crippen molar-refractivity contribution in [3.63, 3.8) is 0 Å². The van der Waals surface area contributed by atoms with E-state index in [1.807, 2.05) is 7.11 Å². The average molecular weight is 182 g/mol. The highest BCUT2D eigenvalue weighted by atomic mass is 16.5. The molecule has 0 unspecified atom stereocenters. The van der Waals surface area contributed by atoms with E-state index in [0.717, 1.165) is 0 Å². The molecule has 1 nitrogen and oxygen atoms in total. The third-order valence-corrected chi connectivity index (χ3v) is 4.61. The standard InChI is InChI=1S/C12H22O/c1-11-7-3-5-9-12(11,13-2)10-6-4-8-11/h3-10H2,1-2H3. The number of fused-ring (bicyclic) bond motifs is 1. The smallest absolute Gasteiger partial charge is 0.0732 e. The Morgan fingerprint density at radius 1 is 0.846 bits per heavy atom. The highest BCUT2D eigenvalue weighted by molar-refractivity contribution is 5.02. The molecular weight excluding hydrogens is 160 g/mol. The summed E-state index contributed by atoms with van der Waals surface area (Å²) < 4.78 is 5.89. The second kappa shape index (κ2) is 3.27. The Hall–Kier alpha value is -0.0400. The lowest BCUT2D eigenvalue weighted by molar-refractivity contribution is -0.156. The molecule has 2 rings (SSSR count). The van der Waals surface area contributed by atoms with E-state index in [1.165, 1.54) is 51.4 Å². The summed E-state index contributed by atoms with van der Waals surface area (Å²) in [4.78, 5) is 0. The number of rotatable bonds is 1. The quantitative estimate of drug-likeness (QED) is 0.603. The number of ether oxygens (including phenoxy) is 1. The molecule has 0 N–H and O–H groups in total. The Balaban J connectivity index is 2.23. The fraction of sp³-hybridized carbons (Fsp3) is 1.00. The van der Waals surface area contributed by atoms with E-state index in [9.17, 15) is 0 Å². The van der Waals surface area contributed by atoms with Crippen LogP contribution in [-0.2, 0) is 4.74 Å². The highest BCUT2D eigenvalue weighted by Crippen LogP contribution is 2.54. The van der Waals surface area contributed by atoms with Gasteiger partial charge in [0.25, 0.3) is 0 Å². The predicted octanol–water partition coefficient (Wildman–Crippen LogP) is 3.53. The van der Waals surface area contributed by atoms with Crippen LogP contribution in [0.1, 0.15) is 58.3 Å². The minimum absolute atomic E-state index is 0.253. The van der Waals surface area contributed by atoms with Crippen molar-refractivity contribution in [1.82, 2.24) is 0 Å². The van der Waals surface area contributed by atoms with Gasteiger partial charge in [0.05, 0.1) is 5.60 Å². The second-order valence-electron chi connectivity index (χ2n) is 5.17. The first-order valence-corrected chi connectivity index (χ1v) is 5.78. The molecule has 0 saturated heterocycles. The molecule has 0 aromatic heterocycles. The summed E-state index contributed by atoms with van der Waals surface area (Å²) in [5.74, 6) is 0. The van der Waals surface area contributed by atoms with Crippen LogP contribution in [0.4, 0.5) is 0 Å². The molecule has 13 heavy (non-hydrogen) atoms. The Morgan fingerprint density at radius 3 is 1.69 bits per heavy atom. The van der Waals surface area contributed by atoms with Gasteiger partial charge in [-0.2, -0.15) is 0 Å². The van der Waals surface area contributed by atoms with Gasteiger partial charge in [-0.05, 0) is 31.1 Å². The zero-order valence-electron chi connectivity index (χ0n) is 9.07. The molecule has 76 valence electrons. The van der Waals surface area contributed by atoms with Crippen LogP contribution in [0.5, 0.6) is 0 Å². The summed E-state index contributed by atoms with van der Waals surface area (Å²) >= 11 is 0. The molecule has 0 heterocycles. The van der Waals surface area contributed by atoms with Crippen molar-refractivity contribution < 1.29 is 4.74 Å². The molecule has 0 radical (unpaired) electrons. The highest BCUT2D eigenvalue weighted by Gasteiger charge is 2.50. The van der Waals surface area contributed by atoms with Crippen molar-refractivity contribution in [1.29, 1.82) is 0 Å². The van der Waals surface area contributed by atoms with Gasteiger partial charge in [-0.1, -0.05) is 32.6 Å². The Bertz CT molecular complexity index is 174. The monoisotopic (exact) mass is 182 g/mol. The zero-order chi connectivity index (χ0) is 9.36. The summed E-state index contributed by atoms with van der Waals surface area (Å²) in [7, 11) is 1.93. The molecule has 0 aromatic rings. The Labute approximate surface area is 81.9 Å². The summed E-state index contributed by atoms with van der Waals surface area (Å²) in [6.45, 7) is 2.45. The van der Waals surface area contributed by atoms with Crippen LogP contribution in [0.2, 0.25) is 0 Å². The lowest BCUT2D eigenvalue weighted by Crippen LogP contribution is -2.52. The van der Waals surface area contributed by atoms with Crippen LogP contribution in [0, 0.1) is 5.41 Å². The van der Waals surface area contributed by atoms with Crippen LogP contribution >= 0.6 is 0 Å². The van der Waals surface area contributed by atoms with Gasteiger partial charge in [-0.3, -0.25) is 0 Å². The third-order valence-electron chi connectivity index (χ3n) is 4.61. The van der Waals surface area contributed by atoms with Crippen molar-refractivity contribution in [2.45, 2.75) is 63.9 Å². The number of hydrogen-bond acceptors (Lipinski definition) is 1. The van der Waals surface area contributed by atoms with Crippen LogP contribution < -0.4 is 0 Å². The zero-order valence-corrected chi connectivity index (χ0v) is 9.07. The van der Waals surface area contributed by atoms with E-state index in [0.29, 0.717) is 5.41 Å². The first-order valence-electron chi connectivity index (χ1n) is 5.78. The van der Waals surface area contributed by atoms with Crippen molar-refractivity contribution in [2.75, 3.05) is 7.11 Å². The molecule has 0 bridgehead atoms. The van der Waals surface area contributed by atoms with Crippen LogP contribution in [0.3, 0.4) is 0 Å². The van der Waals surface area contributed by atoms with Gasteiger partial charge in [-0.15, -0.1) is 0 Å². The summed E-state index contributed by atoms with van der Waals surface area (Å²) in [5.41, 5.74) is 0.752. The predicted molar refractivity (Wildman–Crippen MR) is 54.8 cm³/mol. The SMILES string of the molecule is COC12CCCCC1(C)CCCC2. The average Bonchev–Trinajstić information content (AvgIpc) is 2.17. The molecule has 2 saturated carbocycles. The number of methoxy groups -OCH3 is 1. The molecule has 2 aliphatic carbocycles. The van der Waals surface area contributed by atoms with Gasteiger partial charge < -0.3 is 4.74 Å². The van der Waals surface area contributed by atoms with Crippen molar-refractivity contribution in [2.24, 2.45) is 5.41 Å². The normalized spacial score (nSPS) is 45.7. The first kappa shape index (κ1) is 9.51. The minimum atomic E-state index is 0.253. The van der Waals surface area contributed by atoms with Crippen LogP contribution in [-0.4, -0.2) is 12.7 Å². The maximum absolute atomic E-state index is 5.89. The van der Waals surface area contributed by atoms with Gasteiger partial charge in [0.2, 0.25) is 0 Å². The van der Waals surface area contributed by atoms with Gasteiger partial charge in [0.1, 0.15) is 0 Å². The van der Waals surface area contributed by atoms with Crippen LogP contribution in [0.15, 0.2) is 0 Å². The molecule has 0 aliphatic heterocycles. The third kappa shape index (κ3) is 1.32. The maximum Gasteiger partial charge on any atom is 0.0732 e. The Kier molecular flexibility index (Phi) is 2.39. The van der Waals surface area contributed by atoms with Crippen molar-refractivity contribution in [3.05, 3.63) is 0 Å². The molecule has 0 atom stereocenters. The van der Waals surface area contributed by atoms with E-state index in [-0.39, 0.29) is 5.60 Å². The van der Waals surface area contributed by atoms with E-state index in [1.54, 1.807) is 0 Å². The molecule has 0 spiro atoms. The van der Waals surface area contributed by atoms with Gasteiger partial charge >= 0.3 is 0 Å². The molecule has 2 aliphatic rings. The minimum Gasteiger partial charge on any atom is -0.378 e. The van der Waals surface area contributed by atoms with Gasteiger partial charge in [0, 0.05) is 7.11 Å². The molecular formula is C12H22O. The summed E-state index contributed by atoms with van der Waals surface area (Å²) in [6.07, 6.45) is 11.0.